The summed E-state index contributed by atoms with van der Waals surface area (Å²) >= 11 is 0. The number of aromatic nitrogens is 3. The molecule has 24 heavy (non-hydrogen) atoms. The number of rotatable bonds is 4. The first-order chi connectivity index (χ1) is 11.6. The number of carbonyl (C=O) groups excluding carboxylic acids is 1. The Hall–Kier alpha value is -2.37. The SMILES string of the molecule is CCn1cnnc1C1CCN(C(=O)c2cccc(N(C)C)c2)CC1. The minimum absolute atomic E-state index is 0.120. The lowest BCUT2D eigenvalue weighted by atomic mass is 9.95. The van der Waals surface area contributed by atoms with E-state index < -0.39 is 0 Å². The van der Waals surface area contributed by atoms with Gasteiger partial charge in [-0.25, -0.2) is 0 Å². The summed E-state index contributed by atoms with van der Waals surface area (Å²) in [6.45, 7) is 4.53. The molecule has 1 aromatic heterocycles. The maximum absolute atomic E-state index is 12.8. The number of benzene rings is 1. The number of nitrogens with zero attached hydrogens (tertiary/aromatic N) is 5. The zero-order valence-corrected chi connectivity index (χ0v) is 14.6. The number of piperidine rings is 1. The van der Waals surface area contributed by atoms with E-state index in [1.807, 2.05) is 48.2 Å². The van der Waals surface area contributed by atoms with Crippen LogP contribution >= 0.6 is 0 Å². The number of amides is 1. The van der Waals surface area contributed by atoms with Crippen molar-refractivity contribution in [1.82, 2.24) is 19.7 Å². The second-order valence-corrected chi connectivity index (χ2v) is 6.49. The van der Waals surface area contributed by atoms with Crippen molar-refractivity contribution in [3.8, 4) is 0 Å². The minimum Gasteiger partial charge on any atom is -0.378 e. The van der Waals surface area contributed by atoms with Crippen molar-refractivity contribution in [3.63, 3.8) is 0 Å². The maximum Gasteiger partial charge on any atom is 0.253 e. The van der Waals surface area contributed by atoms with Crippen LogP contribution in [0.15, 0.2) is 30.6 Å². The van der Waals surface area contributed by atoms with Crippen molar-refractivity contribution in [2.24, 2.45) is 0 Å². The molecule has 2 heterocycles. The van der Waals surface area contributed by atoms with Crippen LogP contribution in [0.4, 0.5) is 5.69 Å². The van der Waals surface area contributed by atoms with E-state index in [0.717, 1.165) is 49.6 Å². The van der Waals surface area contributed by atoms with Crippen LogP contribution in [0.2, 0.25) is 0 Å². The van der Waals surface area contributed by atoms with Crippen LogP contribution in [0.5, 0.6) is 0 Å². The first kappa shape index (κ1) is 16.5. The fraction of sp³-hybridized carbons (Fsp3) is 0.500. The molecule has 1 saturated heterocycles. The highest BCUT2D eigenvalue weighted by atomic mass is 16.2. The van der Waals surface area contributed by atoms with Gasteiger partial charge in [0, 0.05) is 50.9 Å². The lowest BCUT2D eigenvalue weighted by Crippen LogP contribution is -2.38. The second kappa shape index (κ2) is 7.03. The largest absolute Gasteiger partial charge is 0.378 e. The first-order valence-corrected chi connectivity index (χ1v) is 8.54. The molecule has 1 amide bonds. The Balaban J connectivity index is 1.66. The van der Waals surface area contributed by atoms with Gasteiger partial charge in [0.15, 0.2) is 0 Å². The van der Waals surface area contributed by atoms with Crippen molar-refractivity contribution in [3.05, 3.63) is 42.0 Å². The summed E-state index contributed by atoms with van der Waals surface area (Å²) in [4.78, 5) is 16.7. The van der Waals surface area contributed by atoms with Gasteiger partial charge in [-0.15, -0.1) is 10.2 Å². The normalized spacial score (nSPS) is 15.5. The van der Waals surface area contributed by atoms with Gasteiger partial charge in [0.25, 0.3) is 5.91 Å². The molecule has 0 saturated carbocycles. The van der Waals surface area contributed by atoms with Gasteiger partial charge in [0.1, 0.15) is 12.2 Å². The molecule has 0 N–H and O–H groups in total. The van der Waals surface area contributed by atoms with E-state index in [1.165, 1.54) is 0 Å². The molecule has 2 aromatic rings. The average molecular weight is 327 g/mol. The zero-order chi connectivity index (χ0) is 17.1. The highest BCUT2D eigenvalue weighted by Crippen LogP contribution is 2.27. The number of likely N-dealkylation sites (tertiary alicyclic amines) is 1. The van der Waals surface area contributed by atoms with E-state index in [2.05, 4.69) is 21.7 Å². The van der Waals surface area contributed by atoms with Crippen molar-refractivity contribution in [1.29, 1.82) is 0 Å². The molecule has 3 rings (SSSR count). The predicted octanol–water partition coefficient (Wildman–Crippen LogP) is 2.38. The van der Waals surface area contributed by atoms with Gasteiger partial charge in [-0.3, -0.25) is 4.79 Å². The highest BCUT2D eigenvalue weighted by molar-refractivity contribution is 5.95. The maximum atomic E-state index is 12.8. The minimum atomic E-state index is 0.120. The molecule has 0 unspecified atom stereocenters. The Labute approximate surface area is 143 Å². The molecule has 1 aliphatic heterocycles. The third-order valence-electron chi connectivity index (χ3n) is 4.74. The molecule has 0 atom stereocenters. The molecule has 1 fully saturated rings. The quantitative estimate of drug-likeness (QED) is 0.865. The van der Waals surface area contributed by atoms with Gasteiger partial charge < -0.3 is 14.4 Å². The molecule has 0 aliphatic carbocycles. The zero-order valence-electron chi connectivity index (χ0n) is 14.6. The van der Waals surface area contributed by atoms with E-state index in [4.69, 9.17) is 0 Å². The summed E-state index contributed by atoms with van der Waals surface area (Å²) in [5.74, 6) is 1.57. The van der Waals surface area contributed by atoms with Crippen LogP contribution in [-0.4, -0.2) is 52.8 Å². The number of hydrogen-bond acceptors (Lipinski definition) is 4. The third kappa shape index (κ3) is 3.27. The molecular weight excluding hydrogens is 302 g/mol. The predicted molar refractivity (Wildman–Crippen MR) is 94.3 cm³/mol. The van der Waals surface area contributed by atoms with Gasteiger partial charge in [0.05, 0.1) is 0 Å². The van der Waals surface area contributed by atoms with Crippen molar-refractivity contribution in [2.75, 3.05) is 32.1 Å². The fourth-order valence-electron chi connectivity index (χ4n) is 3.26. The molecule has 1 aliphatic rings. The Morgan fingerprint density at radius 1 is 1.29 bits per heavy atom. The van der Waals surface area contributed by atoms with Crippen LogP contribution < -0.4 is 4.90 Å². The molecule has 0 radical (unpaired) electrons. The molecular formula is C18H25N5O. The van der Waals surface area contributed by atoms with E-state index in [-0.39, 0.29) is 5.91 Å². The van der Waals surface area contributed by atoms with Gasteiger partial charge in [-0.05, 0) is 38.0 Å². The average Bonchev–Trinajstić information content (AvgIpc) is 3.10. The van der Waals surface area contributed by atoms with E-state index in [9.17, 15) is 4.79 Å². The van der Waals surface area contributed by atoms with Gasteiger partial charge >= 0.3 is 0 Å². The molecule has 1 aromatic carbocycles. The fourth-order valence-corrected chi connectivity index (χ4v) is 3.26. The number of carbonyl (C=O) groups is 1. The van der Waals surface area contributed by atoms with E-state index in [1.54, 1.807) is 6.33 Å². The molecule has 0 bridgehead atoms. The van der Waals surface area contributed by atoms with E-state index >= 15 is 0 Å². The van der Waals surface area contributed by atoms with Crippen LogP contribution in [-0.2, 0) is 6.54 Å². The molecule has 6 heteroatoms. The Morgan fingerprint density at radius 3 is 2.71 bits per heavy atom. The number of hydrogen-bond donors (Lipinski definition) is 0. The monoisotopic (exact) mass is 327 g/mol. The summed E-state index contributed by atoms with van der Waals surface area (Å²) in [7, 11) is 3.97. The summed E-state index contributed by atoms with van der Waals surface area (Å²) in [6.07, 6.45) is 3.68. The number of anilines is 1. The van der Waals surface area contributed by atoms with Gasteiger partial charge in [-0.2, -0.15) is 0 Å². The summed E-state index contributed by atoms with van der Waals surface area (Å²) in [5.41, 5.74) is 1.81. The number of aryl methyl sites for hydroxylation is 1. The second-order valence-electron chi connectivity index (χ2n) is 6.49. The van der Waals surface area contributed by atoms with Crippen LogP contribution in [0.3, 0.4) is 0 Å². The highest BCUT2D eigenvalue weighted by Gasteiger charge is 2.27. The topological polar surface area (TPSA) is 54.3 Å². The van der Waals surface area contributed by atoms with Crippen molar-refractivity contribution >= 4 is 11.6 Å². The summed E-state index contributed by atoms with van der Waals surface area (Å²) in [5, 5.41) is 8.30. The van der Waals surface area contributed by atoms with Crippen LogP contribution in [0.1, 0.15) is 41.9 Å². The van der Waals surface area contributed by atoms with Crippen molar-refractivity contribution < 1.29 is 4.79 Å². The smallest absolute Gasteiger partial charge is 0.253 e. The summed E-state index contributed by atoms with van der Waals surface area (Å²) < 4.78 is 2.10. The first-order valence-electron chi connectivity index (χ1n) is 8.54. The Kier molecular flexibility index (Phi) is 4.83. The van der Waals surface area contributed by atoms with Gasteiger partial charge in [-0.1, -0.05) is 6.07 Å². The lowest BCUT2D eigenvalue weighted by molar-refractivity contribution is 0.0710. The van der Waals surface area contributed by atoms with Crippen LogP contribution in [0.25, 0.3) is 0 Å². The standard InChI is InChI=1S/C18H25N5O/c1-4-22-13-19-20-17(22)14-8-10-23(11-9-14)18(24)15-6-5-7-16(12-15)21(2)3/h5-7,12-14H,4,8-11H2,1-3H3. The third-order valence-corrected chi connectivity index (χ3v) is 4.74. The Morgan fingerprint density at radius 2 is 2.04 bits per heavy atom. The van der Waals surface area contributed by atoms with E-state index in [0.29, 0.717) is 5.92 Å². The molecule has 6 nitrogen and oxygen atoms in total. The van der Waals surface area contributed by atoms with Crippen LogP contribution in [0, 0.1) is 0 Å². The lowest BCUT2D eigenvalue weighted by Gasteiger charge is -2.31. The molecule has 128 valence electrons. The van der Waals surface area contributed by atoms with Crippen molar-refractivity contribution in [2.45, 2.75) is 32.2 Å². The van der Waals surface area contributed by atoms with Gasteiger partial charge in [0.2, 0.25) is 0 Å². The summed E-state index contributed by atoms with van der Waals surface area (Å²) in [6, 6.07) is 7.82. The molecule has 0 spiro atoms. The Bertz CT molecular complexity index is 701.